The number of benzene rings is 1. The van der Waals surface area contributed by atoms with Gasteiger partial charge in [0.2, 0.25) is 0 Å². The highest BCUT2D eigenvalue weighted by Crippen LogP contribution is 2.33. The van der Waals surface area contributed by atoms with E-state index in [1.165, 1.54) is 30.7 Å². The van der Waals surface area contributed by atoms with Crippen LogP contribution in [0.3, 0.4) is 0 Å². The highest BCUT2D eigenvalue weighted by Gasteiger charge is 2.25. The zero-order valence-electron chi connectivity index (χ0n) is 13.0. The molecular weight excluding hydrogens is 380 g/mol. The molecule has 0 saturated carbocycles. The number of carbonyl (C=O) groups is 1. The van der Waals surface area contributed by atoms with Crippen molar-refractivity contribution in [3.63, 3.8) is 0 Å². The molecule has 0 atom stereocenters. The number of esters is 1. The molecule has 7 nitrogen and oxygen atoms in total. The van der Waals surface area contributed by atoms with Gasteiger partial charge in [0.1, 0.15) is 9.77 Å². The van der Waals surface area contributed by atoms with E-state index in [0.29, 0.717) is 0 Å². The number of hydrogen-bond acceptors (Lipinski definition) is 7. The first-order valence-corrected chi connectivity index (χ1v) is 8.96. The van der Waals surface area contributed by atoms with Crippen LogP contribution in [0.4, 0.5) is 14.5 Å². The molecule has 0 aliphatic carbocycles. The predicted octanol–water partition coefficient (Wildman–Crippen LogP) is 2.95. The lowest BCUT2D eigenvalue weighted by Gasteiger charge is -2.13. The Bertz CT molecular complexity index is 866. The Morgan fingerprint density at radius 2 is 1.92 bits per heavy atom. The van der Waals surface area contributed by atoms with Gasteiger partial charge in [0.25, 0.3) is 10.0 Å². The molecule has 1 heterocycles. The van der Waals surface area contributed by atoms with Crippen LogP contribution in [0.1, 0.15) is 9.67 Å². The molecule has 0 bridgehead atoms. The molecule has 0 saturated heterocycles. The second-order valence-corrected chi connectivity index (χ2v) is 7.02. The number of alkyl halides is 2. The fourth-order valence-electron chi connectivity index (χ4n) is 1.89. The molecule has 1 aromatic heterocycles. The van der Waals surface area contributed by atoms with Crippen molar-refractivity contribution in [1.82, 2.24) is 0 Å². The number of rotatable bonds is 7. The molecular formula is C14H13F2NO6S2. The summed E-state index contributed by atoms with van der Waals surface area (Å²) in [5.41, 5.74) is -0.0431. The summed E-state index contributed by atoms with van der Waals surface area (Å²) >= 11 is 0.900. The molecule has 25 heavy (non-hydrogen) atoms. The largest absolute Gasteiger partial charge is 0.493 e. The molecule has 0 radical (unpaired) electrons. The van der Waals surface area contributed by atoms with Crippen LogP contribution in [0.5, 0.6) is 11.5 Å². The van der Waals surface area contributed by atoms with Crippen LogP contribution in [0.25, 0.3) is 0 Å². The first-order valence-electron chi connectivity index (χ1n) is 6.60. The lowest BCUT2D eigenvalue weighted by atomic mass is 10.3. The Balaban J connectivity index is 2.35. The van der Waals surface area contributed by atoms with E-state index >= 15 is 0 Å². The van der Waals surface area contributed by atoms with Crippen molar-refractivity contribution in [2.24, 2.45) is 0 Å². The maximum Gasteiger partial charge on any atom is 0.387 e. The molecule has 1 aromatic carbocycles. The van der Waals surface area contributed by atoms with Crippen LogP contribution in [0, 0.1) is 0 Å². The molecule has 0 spiro atoms. The van der Waals surface area contributed by atoms with Crippen molar-refractivity contribution >= 4 is 33.0 Å². The van der Waals surface area contributed by atoms with E-state index in [1.807, 2.05) is 0 Å². The highest BCUT2D eigenvalue weighted by atomic mass is 32.2. The third-order valence-electron chi connectivity index (χ3n) is 2.92. The van der Waals surface area contributed by atoms with Gasteiger partial charge in [0.15, 0.2) is 11.5 Å². The van der Waals surface area contributed by atoms with Crippen LogP contribution in [-0.2, 0) is 14.8 Å². The third-order valence-corrected chi connectivity index (χ3v) is 5.37. The number of halogens is 2. The maximum atomic E-state index is 12.5. The standard InChI is InChI=1S/C14H13F2NO6S2/c1-21-9-4-3-8(7-10(9)23-14(15)16)17-25(19,20)11-5-6-24-12(11)13(18)22-2/h3-7,14,17H,1-2H3. The lowest BCUT2D eigenvalue weighted by Crippen LogP contribution is -2.16. The Morgan fingerprint density at radius 1 is 1.20 bits per heavy atom. The number of sulfonamides is 1. The van der Waals surface area contributed by atoms with Crippen molar-refractivity contribution in [2.45, 2.75) is 11.5 Å². The van der Waals surface area contributed by atoms with E-state index in [-0.39, 0.29) is 27.0 Å². The maximum absolute atomic E-state index is 12.5. The van der Waals surface area contributed by atoms with Crippen LogP contribution in [0.15, 0.2) is 34.5 Å². The molecule has 1 N–H and O–H groups in total. The molecule has 2 aromatic rings. The van der Waals surface area contributed by atoms with Crippen LogP contribution in [-0.4, -0.2) is 35.2 Å². The molecule has 0 fully saturated rings. The average Bonchev–Trinajstić information content (AvgIpc) is 3.04. The fourth-order valence-corrected chi connectivity index (χ4v) is 4.27. The van der Waals surface area contributed by atoms with Crippen LogP contribution < -0.4 is 14.2 Å². The number of carbonyl (C=O) groups excluding carboxylic acids is 1. The van der Waals surface area contributed by atoms with Gasteiger partial charge in [0.05, 0.1) is 19.9 Å². The van der Waals surface area contributed by atoms with Gasteiger partial charge in [-0.3, -0.25) is 4.72 Å². The predicted molar refractivity (Wildman–Crippen MR) is 86.1 cm³/mol. The first-order chi connectivity index (χ1) is 11.8. The molecule has 2 rings (SSSR count). The van der Waals surface area contributed by atoms with Gasteiger partial charge in [0, 0.05) is 6.07 Å². The van der Waals surface area contributed by atoms with Crippen molar-refractivity contribution in [3.05, 3.63) is 34.5 Å². The Labute approximate surface area is 146 Å². The summed E-state index contributed by atoms with van der Waals surface area (Å²) in [4.78, 5) is 11.2. The Hall–Kier alpha value is -2.40. The van der Waals surface area contributed by atoms with Gasteiger partial charge >= 0.3 is 12.6 Å². The number of ether oxygens (including phenoxy) is 3. The summed E-state index contributed by atoms with van der Waals surface area (Å²) < 4.78 is 65.7. The number of nitrogens with one attached hydrogen (secondary N) is 1. The second-order valence-electron chi connectivity index (χ2n) is 4.46. The monoisotopic (exact) mass is 393 g/mol. The summed E-state index contributed by atoms with van der Waals surface area (Å²) in [6.07, 6.45) is 0. The molecule has 136 valence electrons. The number of methoxy groups -OCH3 is 2. The van der Waals surface area contributed by atoms with E-state index in [0.717, 1.165) is 24.5 Å². The summed E-state index contributed by atoms with van der Waals surface area (Å²) in [6, 6.07) is 4.86. The third kappa shape index (κ3) is 4.37. The van der Waals surface area contributed by atoms with Crippen LogP contribution >= 0.6 is 11.3 Å². The van der Waals surface area contributed by atoms with E-state index < -0.39 is 22.6 Å². The van der Waals surface area contributed by atoms with E-state index in [1.54, 1.807) is 0 Å². The number of anilines is 1. The lowest BCUT2D eigenvalue weighted by molar-refractivity contribution is -0.0511. The number of hydrogen-bond donors (Lipinski definition) is 1. The highest BCUT2D eigenvalue weighted by molar-refractivity contribution is 7.93. The van der Waals surface area contributed by atoms with Gasteiger partial charge in [-0.1, -0.05) is 0 Å². The van der Waals surface area contributed by atoms with Gasteiger partial charge in [-0.25, -0.2) is 13.2 Å². The molecule has 0 aliphatic heterocycles. The fraction of sp³-hybridized carbons (Fsp3) is 0.214. The second kappa shape index (κ2) is 7.66. The minimum Gasteiger partial charge on any atom is -0.493 e. The number of thiophene rings is 1. The van der Waals surface area contributed by atoms with E-state index in [9.17, 15) is 22.0 Å². The quantitative estimate of drug-likeness (QED) is 0.728. The summed E-state index contributed by atoms with van der Waals surface area (Å²) in [5.74, 6) is -1.13. The van der Waals surface area contributed by atoms with E-state index in [2.05, 4.69) is 14.2 Å². The average molecular weight is 393 g/mol. The SMILES string of the molecule is COC(=O)c1sccc1S(=O)(=O)Nc1ccc(OC)c(OC(F)F)c1. The normalized spacial score (nSPS) is 11.2. The minimum absolute atomic E-state index is 0.00836. The van der Waals surface area contributed by atoms with Gasteiger partial charge in [-0.2, -0.15) is 8.78 Å². The summed E-state index contributed by atoms with van der Waals surface area (Å²) in [7, 11) is -1.76. The van der Waals surface area contributed by atoms with Crippen LogP contribution in [0.2, 0.25) is 0 Å². The summed E-state index contributed by atoms with van der Waals surface area (Å²) in [5, 5.41) is 1.42. The van der Waals surface area contributed by atoms with Crippen molar-refractivity contribution in [2.75, 3.05) is 18.9 Å². The Morgan fingerprint density at radius 3 is 2.52 bits per heavy atom. The zero-order valence-corrected chi connectivity index (χ0v) is 14.6. The van der Waals surface area contributed by atoms with Crippen molar-refractivity contribution in [3.8, 4) is 11.5 Å². The van der Waals surface area contributed by atoms with Gasteiger partial charge in [-0.15, -0.1) is 11.3 Å². The van der Waals surface area contributed by atoms with Crippen molar-refractivity contribution < 1.29 is 36.2 Å². The summed E-state index contributed by atoms with van der Waals surface area (Å²) in [6.45, 7) is -3.11. The Kier molecular flexibility index (Phi) is 5.80. The minimum atomic E-state index is -4.14. The zero-order chi connectivity index (χ0) is 18.6. The molecule has 0 amide bonds. The smallest absolute Gasteiger partial charge is 0.387 e. The first kappa shape index (κ1) is 18.9. The topological polar surface area (TPSA) is 90.9 Å². The van der Waals surface area contributed by atoms with E-state index in [4.69, 9.17) is 4.74 Å². The van der Waals surface area contributed by atoms with Gasteiger partial charge < -0.3 is 14.2 Å². The van der Waals surface area contributed by atoms with Gasteiger partial charge in [-0.05, 0) is 23.6 Å². The molecule has 0 aliphatic rings. The molecule has 0 unspecified atom stereocenters. The molecule has 11 heteroatoms. The van der Waals surface area contributed by atoms with Crippen molar-refractivity contribution in [1.29, 1.82) is 0 Å².